The average molecular weight is 282 g/mol. The fourth-order valence-electron chi connectivity index (χ4n) is 2.60. The minimum Gasteiger partial charge on any atom is -0.312 e. The van der Waals surface area contributed by atoms with Crippen molar-refractivity contribution in [2.75, 3.05) is 26.2 Å². The van der Waals surface area contributed by atoms with E-state index < -0.39 is 0 Å². The van der Waals surface area contributed by atoms with Crippen LogP contribution in [0.3, 0.4) is 0 Å². The van der Waals surface area contributed by atoms with Gasteiger partial charge in [-0.3, -0.25) is 0 Å². The third kappa shape index (κ3) is 5.16. The highest BCUT2D eigenvalue weighted by atomic mass is 32.1. The molecule has 0 radical (unpaired) electrons. The van der Waals surface area contributed by atoms with Crippen LogP contribution in [-0.2, 0) is 13.0 Å². The number of nitrogens with zero attached hydrogens (tertiary/aromatic N) is 3. The van der Waals surface area contributed by atoms with Crippen molar-refractivity contribution in [3.8, 4) is 0 Å². The Morgan fingerprint density at radius 1 is 1.26 bits per heavy atom. The van der Waals surface area contributed by atoms with E-state index in [1.165, 1.54) is 55.9 Å². The number of rotatable bonds is 8. The van der Waals surface area contributed by atoms with Crippen molar-refractivity contribution in [1.29, 1.82) is 0 Å². The van der Waals surface area contributed by atoms with Crippen LogP contribution in [0.4, 0.5) is 0 Å². The molecule has 0 atom stereocenters. The van der Waals surface area contributed by atoms with Crippen molar-refractivity contribution in [1.82, 2.24) is 19.8 Å². The van der Waals surface area contributed by atoms with Gasteiger partial charge in [0, 0.05) is 6.54 Å². The highest BCUT2D eigenvalue weighted by Crippen LogP contribution is 2.12. The predicted molar refractivity (Wildman–Crippen MR) is 80.5 cm³/mol. The number of likely N-dealkylation sites (tertiary alicyclic amines) is 1. The minimum atomic E-state index is 0.938. The number of hydrogen-bond acceptors (Lipinski definition) is 5. The molecule has 1 aromatic heterocycles. The lowest BCUT2D eigenvalue weighted by Gasteiger charge is -2.26. The first-order valence-electron chi connectivity index (χ1n) is 7.63. The van der Waals surface area contributed by atoms with Gasteiger partial charge in [0.25, 0.3) is 0 Å². The van der Waals surface area contributed by atoms with Crippen molar-refractivity contribution in [3.63, 3.8) is 0 Å². The summed E-state index contributed by atoms with van der Waals surface area (Å²) in [5, 5.41) is 7.73. The summed E-state index contributed by atoms with van der Waals surface area (Å²) in [6, 6.07) is 0. The van der Waals surface area contributed by atoms with Gasteiger partial charge < -0.3 is 10.2 Å². The number of nitrogens with one attached hydrogen (secondary N) is 1. The van der Waals surface area contributed by atoms with Crippen molar-refractivity contribution >= 4 is 11.5 Å². The lowest BCUT2D eigenvalue weighted by molar-refractivity contribution is 0.225. The SMILES string of the molecule is CCCc1nnsc1CNCCCN1CCCCC1. The predicted octanol–water partition coefficient (Wildman–Crippen LogP) is 2.46. The van der Waals surface area contributed by atoms with E-state index in [4.69, 9.17) is 0 Å². The first-order chi connectivity index (χ1) is 9.40. The van der Waals surface area contributed by atoms with E-state index in [0.717, 1.165) is 25.9 Å². The van der Waals surface area contributed by atoms with Gasteiger partial charge in [-0.1, -0.05) is 24.3 Å². The molecule has 0 saturated carbocycles. The molecule has 5 heteroatoms. The van der Waals surface area contributed by atoms with Gasteiger partial charge in [0.1, 0.15) is 0 Å². The summed E-state index contributed by atoms with van der Waals surface area (Å²) >= 11 is 1.54. The fourth-order valence-corrected chi connectivity index (χ4v) is 3.25. The third-order valence-corrected chi connectivity index (χ3v) is 4.45. The molecule has 19 heavy (non-hydrogen) atoms. The van der Waals surface area contributed by atoms with Crippen molar-refractivity contribution in [2.45, 2.75) is 52.0 Å². The molecule has 0 bridgehead atoms. The molecule has 1 aliphatic heterocycles. The summed E-state index contributed by atoms with van der Waals surface area (Å²) in [6.07, 6.45) is 7.65. The van der Waals surface area contributed by atoms with Crippen LogP contribution in [0.25, 0.3) is 0 Å². The highest BCUT2D eigenvalue weighted by Gasteiger charge is 2.09. The maximum absolute atomic E-state index is 4.20. The molecule has 0 unspecified atom stereocenters. The van der Waals surface area contributed by atoms with Gasteiger partial charge >= 0.3 is 0 Å². The zero-order valence-corrected chi connectivity index (χ0v) is 12.8. The summed E-state index contributed by atoms with van der Waals surface area (Å²) < 4.78 is 4.06. The smallest absolute Gasteiger partial charge is 0.0800 e. The van der Waals surface area contributed by atoms with Crippen molar-refractivity contribution < 1.29 is 0 Å². The Morgan fingerprint density at radius 2 is 2.11 bits per heavy atom. The molecule has 1 aliphatic rings. The molecule has 1 aromatic rings. The summed E-state index contributed by atoms with van der Waals surface area (Å²) in [7, 11) is 0. The molecule has 2 heterocycles. The Hall–Kier alpha value is -0.520. The van der Waals surface area contributed by atoms with Gasteiger partial charge in [-0.2, -0.15) is 0 Å². The molecule has 1 N–H and O–H groups in total. The Kier molecular flexibility index (Phi) is 6.74. The number of aryl methyl sites for hydroxylation is 1. The molecule has 0 aliphatic carbocycles. The van der Waals surface area contributed by atoms with Gasteiger partial charge in [0.2, 0.25) is 0 Å². The lowest BCUT2D eigenvalue weighted by atomic mass is 10.1. The Morgan fingerprint density at radius 3 is 2.89 bits per heavy atom. The van der Waals surface area contributed by atoms with Crippen LogP contribution >= 0.6 is 11.5 Å². The largest absolute Gasteiger partial charge is 0.312 e. The quantitative estimate of drug-likeness (QED) is 0.744. The fraction of sp³-hybridized carbons (Fsp3) is 0.857. The topological polar surface area (TPSA) is 41.1 Å². The normalized spacial score (nSPS) is 16.9. The number of piperidine rings is 1. The van der Waals surface area contributed by atoms with Crippen LogP contribution < -0.4 is 5.32 Å². The summed E-state index contributed by atoms with van der Waals surface area (Å²) in [6.45, 7) is 8.08. The molecule has 0 aromatic carbocycles. The summed E-state index contributed by atoms with van der Waals surface area (Å²) in [5.41, 5.74) is 1.19. The Labute approximate surface area is 120 Å². The molecule has 0 amide bonds. The van der Waals surface area contributed by atoms with Crippen LogP contribution in [0.2, 0.25) is 0 Å². The van der Waals surface area contributed by atoms with Crippen LogP contribution in [0.15, 0.2) is 0 Å². The van der Waals surface area contributed by atoms with Crippen molar-refractivity contribution in [2.24, 2.45) is 0 Å². The zero-order valence-electron chi connectivity index (χ0n) is 12.0. The minimum absolute atomic E-state index is 0.938. The van der Waals surface area contributed by atoms with E-state index >= 15 is 0 Å². The molecule has 1 saturated heterocycles. The van der Waals surface area contributed by atoms with Gasteiger partial charge in [0.05, 0.1) is 10.6 Å². The summed E-state index contributed by atoms with van der Waals surface area (Å²) in [4.78, 5) is 3.92. The van der Waals surface area contributed by atoms with E-state index in [1.807, 2.05) is 0 Å². The van der Waals surface area contributed by atoms with Crippen LogP contribution in [0, 0.1) is 0 Å². The molecule has 4 nitrogen and oxygen atoms in total. The van der Waals surface area contributed by atoms with Crippen LogP contribution in [-0.4, -0.2) is 40.7 Å². The number of hydrogen-bond donors (Lipinski definition) is 1. The first kappa shape index (κ1) is 14.9. The van der Waals surface area contributed by atoms with Gasteiger partial charge in [-0.05, 0) is 63.4 Å². The highest BCUT2D eigenvalue weighted by molar-refractivity contribution is 7.05. The zero-order chi connectivity index (χ0) is 13.3. The molecular formula is C14H26N4S. The maximum Gasteiger partial charge on any atom is 0.0800 e. The monoisotopic (exact) mass is 282 g/mol. The van der Waals surface area contributed by atoms with E-state index in [9.17, 15) is 0 Å². The average Bonchev–Trinajstić information content (AvgIpc) is 2.88. The lowest BCUT2D eigenvalue weighted by Crippen LogP contribution is -2.32. The Balaban J connectivity index is 1.57. The van der Waals surface area contributed by atoms with Crippen LogP contribution in [0.5, 0.6) is 0 Å². The second-order valence-corrected chi connectivity index (χ2v) is 6.16. The standard InChI is InChI=1S/C14H26N4S/c1-2-7-13-14(19-17-16-13)12-15-8-6-11-18-9-4-3-5-10-18/h15H,2-12H2,1H3. The first-order valence-corrected chi connectivity index (χ1v) is 8.40. The summed E-state index contributed by atoms with van der Waals surface area (Å²) in [5.74, 6) is 0. The second kappa shape index (κ2) is 8.61. The van der Waals surface area contributed by atoms with Crippen molar-refractivity contribution in [3.05, 3.63) is 10.6 Å². The number of aromatic nitrogens is 2. The van der Waals surface area contributed by atoms with E-state index in [2.05, 4.69) is 26.7 Å². The maximum atomic E-state index is 4.20. The van der Waals surface area contributed by atoms with Gasteiger partial charge in [0.15, 0.2) is 0 Å². The van der Waals surface area contributed by atoms with Crippen LogP contribution in [0.1, 0.15) is 49.6 Å². The Bertz CT molecular complexity index is 347. The van der Waals surface area contributed by atoms with E-state index in [1.54, 1.807) is 11.5 Å². The van der Waals surface area contributed by atoms with Gasteiger partial charge in [-0.25, -0.2) is 0 Å². The van der Waals surface area contributed by atoms with Gasteiger partial charge in [-0.15, -0.1) is 5.10 Å². The molecule has 0 spiro atoms. The molecule has 1 fully saturated rings. The van der Waals surface area contributed by atoms with E-state index in [-0.39, 0.29) is 0 Å². The second-order valence-electron chi connectivity index (χ2n) is 5.33. The molecular weight excluding hydrogens is 256 g/mol. The molecule has 108 valence electrons. The molecule has 2 rings (SSSR count). The van der Waals surface area contributed by atoms with E-state index in [0.29, 0.717) is 0 Å². The third-order valence-electron chi connectivity index (χ3n) is 3.68.